The van der Waals surface area contributed by atoms with Crippen LogP contribution in [0.5, 0.6) is 5.75 Å². The third-order valence-corrected chi connectivity index (χ3v) is 2.80. The molecule has 0 heterocycles. The molecule has 1 atom stereocenters. The summed E-state index contributed by atoms with van der Waals surface area (Å²) in [6.45, 7) is -0.356. The summed E-state index contributed by atoms with van der Waals surface area (Å²) in [5.41, 5.74) is 0. The van der Waals surface area contributed by atoms with Crippen LogP contribution in [0.3, 0.4) is 0 Å². The Kier molecular flexibility index (Phi) is 8.16. The standard InChI is InChI=1S/C15H20N2O6/c1-22-8-7-12(15(20)21)17-13(18)9-16-14(19)10-23-11-5-3-2-4-6-11/h2-6,12H,7-10H2,1H3,(H,16,19)(H,17,18)(H,20,21). The van der Waals surface area contributed by atoms with Gasteiger partial charge < -0.3 is 25.2 Å². The number of rotatable bonds is 10. The van der Waals surface area contributed by atoms with Crippen LogP contribution in [0, 0.1) is 0 Å². The van der Waals surface area contributed by atoms with E-state index in [1.54, 1.807) is 24.3 Å². The van der Waals surface area contributed by atoms with Crippen molar-refractivity contribution < 1.29 is 29.0 Å². The normalized spacial score (nSPS) is 11.3. The van der Waals surface area contributed by atoms with Crippen LogP contribution in [0.2, 0.25) is 0 Å². The van der Waals surface area contributed by atoms with Crippen molar-refractivity contribution in [2.45, 2.75) is 12.5 Å². The number of benzene rings is 1. The molecule has 1 rings (SSSR count). The molecule has 0 aliphatic heterocycles. The average molecular weight is 324 g/mol. The van der Waals surface area contributed by atoms with Gasteiger partial charge in [-0.15, -0.1) is 0 Å². The highest BCUT2D eigenvalue weighted by atomic mass is 16.5. The van der Waals surface area contributed by atoms with Gasteiger partial charge in [-0.3, -0.25) is 9.59 Å². The third-order valence-electron chi connectivity index (χ3n) is 2.80. The number of hydrogen-bond donors (Lipinski definition) is 3. The Labute approximate surface area is 133 Å². The van der Waals surface area contributed by atoms with Crippen LogP contribution in [0.1, 0.15) is 6.42 Å². The Morgan fingerprint density at radius 2 is 1.87 bits per heavy atom. The minimum atomic E-state index is -1.16. The van der Waals surface area contributed by atoms with Gasteiger partial charge in [0.1, 0.15) is 11.8 Å². The molecule has 0 radical (unpaired) electrons. The van der Waals surface area contributed by atoms with Gasteiger partial charge in [0.2, 0.25) is 5.91 Å². The first kappa shape index (κ1) is 18.4. The van der Waals surface area contributed by atoms with Gasteiger partial charge in [0.15, 0.2) is 6.61 Å². The van der Waals surface area contributed by atoms with E-state index in [1.807, 2.05) is 6.07 Å². The molecule has 1 aromatic carbocycles. The van der Waals surface area contributed by atoms with E-state index in [0.29, 0.717) is 5.75 Å². The SMILES string of the molecule is COCCC(NC(=O)CNC(=O)COc1ccccc1)C(=O)O. The van der Waals surface area contributed by atoms with Crippen molar-refractivity contribution in [2.24, 2.45) is 0 Å². The number of para-hydroxylation sites is 1. The quantitative estimate of drug-likeness (QED) is 0.549. The number of methoxy groups -OCH3 is 1. The highest BCUT2D eigenvalue weighted by Crippen LogP contribution is 2.07. The smallest absolute Gasteiger partial charge is 0.326 e. The summed E-state index contributed by atoms with van der Waals surface area (Å²) in [4.78, 5) is 34.1. The van der Waals surface area contributed by atoms with E-state index in [1.165, 1.54) is 7.11 Å². The van der Waals surface area contributed by atoms with Gasteiger partial charge in [-0.05, 0) is 12.1 Å². The zero-order chi connectivity index (χ0) is 17.1. The van der Waals surface area contributed by atoms with Crippen LogP contribution in [0.15, 0.2) is 30.3 Å². The Balaban J connectivity index is 2.28. The largest absolute Gasteiger partial charge is 0.484 e. The lowest BCUT2D eigenvalue weighted by molar-refractivity contribution is -0.142. The Hall–Kier alpha value is -2.61. The molecular formula is C15H20N2O6. The molecule has 126 valence electrons. The van der Waals surface area contributed by atoms with Crippen molar-refractivity contribution in [1.29, 1.82) is 0 Å². The monoisotopic (exact) mass is 324 g/mol. The number of hydrogen-bond acceptors (Lipinski definition) is 5. The molecule has 1 unspecified atom stereocenters. The molecule has 0 saturated carbocycles. The van der Waals surface area contributed by atoms with E-state index >= 15 is 0 Å². The molecule has 0 aliphatic rings. The predicted molar refractivity (Wildman–Crippen MR) is 81.0 cm³/mol. The molecule has 8 nitrogen and oxygen atoms in total. The van der Waals surface area contributed by atoms with Crippen LogP contribution < -0.4 is 15.4 Å². The summed E-state index contributed by atoms with van der Waals surface area (Å²) < 4.78 is 9.99. The molecule has 0 saturated heterocycles. The first-order chi connectivity index (χ1) is 11.0. The number of nitrogens with one attached hydrogen (secondary N) is 2. The number of carbonyl (C=O) groups excluding carboxylic acids is 2. The summed E-state index contributed by atoms with van der Waals surface area (Å²) in [6, 6.07) is 7.71. The zero-order valence-corrected chi connectivity index (χ0v) is 12.8. The van der Waals surface area contributed by atoms with Crippen LogP contribution in [-0.2, 0) is 19.1 Å². The average Bonchev–Trinajstić information content (AvgIpc) is 2.55. The van der Waals surface area contributed by atoms with E-state index < -0.39 is 23.8 Å². The molecule has 2 amide bonds. The van der Waals surface area contributed by atoms with Crippen molar-refractivity contribution in [3.63, 3.8) is 0 Å². The van der Waals surface area contributed by atoms with Gasteiger partial charge in [0.25, 0.3) is 5.91 Å². The molecule has 8 heteroatoms. The van der Waals surface area contributed by atoms with Gasteiger partial charge in [0.05, 0.1) is 6.54 Å². The van der Waals surface area contributed by atoms with E-state index in [4.69, 9.17) is 14.6 Å². The number of aliphatic carboxylic acids is 1. The molecule has 0 aromatic heterocycles. The van der Waals surface area contributed by atoms with Gasteiger partial charge in [-0.2, -0.15) is 0 Å². The molecule has 23 heavy (non-hydrogen) atoms. The fourth-order valence-corrected chi connectivity index (χ4v) is 1.63. The second-order valence-corrected chi connectivity index (χ2v) is 4.62. The molecule has 0 spiro atoms. The summed E-state index contributed by atoms with van der Waals surface area (Å²) in [5, 5.41) is 13.6. The zero-order valence-electron chi connectivity index (χ0n) is 12.8. The summed E-state index contributed by atoms with van der Waals surface area (Å²) in [7, 11) is 1.44. The summed E-state index contributed by atoms with van der Waals surface area (Å²) in [5.74, 6) is -1.69. The number of carboxylic acid groups (broad SMARTS) is 1. The maximum Gasteiger partial charge on any atom is 0.326 e. The number of amides is 2. The molecule has 1 aromatic rings. The lowest BCUT2D eigenvalue weighted by Crippen LogP contribution is -2.46. The fourth-order valence-electron chi connectivity index (χ4n) is 1.63. The minimum Gasteiger partial charge on any atom is -0.484 e. The predicted octanol–water partition coefficient (Wildman–Crippen LogP) is -0.212. The van der Waals surface area contributed by atoms with Crippen molar-refractivity contribution in [3.8, 4) is 5.75 Å². The summed E-state index contributed by atoms with van der Waals surface area (Å²) >= 11 is 0. The molecular weight excluding hydrogens is 304 g/mol. The maximum atomic E-state index is 11.6. The lowest BCUT2D eigenvalue weighted by atomic mass is 10.2. The van der Waals surface area contributed by atoms with E-state index in [-0.39, 0.29) is 26.2 Å². The molecule has 3 N–H and O–H groups in total. The highest BCUT2D eigenvalue weighted by molar-refractivity contribution is 5.88. The molecule has 0 bridgehead atoms. The number of carboxylic acids is 1. The lowest BCUT2D eigenvalue weighted by Gasteiger charge is -2.14. The van der Waals surface area contributed by atoms with Crippen LogP contribution in [-0.4, -0.2) is 55.8 Å². The topological polar surface area (TPSA) is 114 Å². The van der Waals surface area contributed by atoms with E-state index in [0.717, 1.165) is 0 Å². The van der Waals surface area contributed by atoms with E-state index in [2.05, 4.69) is 10.6 Å². The van der Waals surface area contributed by atoms with Gasteiger partial charge in [0, 0.05) is 20.1 Å². The highest BCUT2D eigenvalue weighted by Gasteiger charge is 2.19. The first-order valence-electron chi connectivity index (χ1n) is 6.98. The minimum absolute atomic E-state index is 0.142. The number of carbonyl (C=O) groups is 3. The summed E-state index contributed by atoms with van der Waals surface area (Å²) in [6.07, 6.45) is 0.142. The van der Waals surface area contributed by atoms with Crippen LogP contribution in [0.25, 0.3) is 0 Å². The molecule has 0 fully saturated rings. The first-order valence-corrected chi connectivity index (χ1v) is 6.98. The molecule has 0 aliphatic carbocycles. The van der Waals surface area contributed by atoms with Crippen LogP contribution >= 0.6 is 0 Å². The Morgan fingerprint density at radius 1 is 1.17 bits per heavy atom. The second kappa shape index (κ2) is 10.2. The number of ether oxygens (including phenoxy) is 2. The van der Waals surface area contributed by atoms with Crippen molar-refractivity contribution in [1.82, 2.24) is 10.6 Å². The van der Waals surface area contributed by atoms with Gasteiger partial charge in [-0.1, -0.05) is 18.2 Å². The Bertz CT molecular complexity index is 520. The third kappa shape index (κ3) is 7.82. The van der Waals surface area contributed by atoms with E-state index in [9.17, 15) is 14.4 Å². The van der Waals surface area contributed by atoms with Crippen LogP contribution in [0.4, 0.5) is 0 Å². The van der Waals surface area contributed by atoms with Crippen molar-refractivity contribution >= 4 is 17.8 Å². The van der Waals surface area contributed by atoms with Crippen molar-refractivity contribution in [3.05, 3.63) is 30.3 Å². The van der Waals surface area contributed by atoms with Gasteiger partial charge in [-0.25, -0.2) is 4.79 Å². The van der Waals surface area contributed by atoms with Gasteiger partial charge >= 0.3 is 5.97 Å². The Morgan fingerprint density at radius 3 is 2.48 bits per heavy atom. The second-order valence-electron chi connectivity index (χ2n) is 4.62. The maximum absolute atomic E-state index is 11.6. The fraction of sp³-hybridized carbons (Fsp3) is 0.400. The van der Waals surface area contributed by atoms with Crippen molar-refractivity contribution in [2.75, 3.05) is 26.9 Å².